The largest absolute Gasteiger partial charge is 0.435 e. The molecule has 26 heavy (non-hydrogen) atoms. The molecule has 1 fully saturated rings. The topological polar surface area (TPSA) is 54.5 Å². The standard InChI is InChI=1S/C19H21F2N3O2/c20-19(21)26-17-6-4-14(5-7-17)18(25)23-15-8-11-24(12-9-15)13-16-3-1-2-10-22-16/h1-7,10,15,19H,8-9,11-13H2,(H,23,25). The summed E-state index contributed by atoms with van der Waals surface area (Å²) in [4.78, 5) is 19.0. The first-order valence-corrected chi connectivity index (χ1v) is 8.58. The van der Waals surface area contributed by atoms with E-state index in [0.717, 1.165) is 38.2 Å². The van der Waals surface area contributed by atoms with Gasteiger partial charge in [0.15, 0.2) is 0 Å². The van der Waals surface area contributed by atoms with Gasteiger partial charge in [0.05, 0.1) is 5.69 Å². The summed E-state index contributed by atoms with van der Waals surface area (Å²) in [6.45, 7) is -0.274. The van der Waals surface area contributed by atoms with Gasteiger partial charge < -0.3 is 10.1 Å². The first-order valence-electron chi connectivity index (χ1n) is 8.58. The fraction of sp³-hybridized carbons (Fsp3) is 0.368. The predicted molar refractivity (Wildman–Crippen MR) is 93.1 cm³/mol. The molecule has 1 aromatic carbocycles. The maximum Gasteiger partial charge on any atom is 0.387 e. The van der Waals surface area contributed by atoms with E-state index in [1.807, 2.05) is 18.2 Å². The third-order valence-corrected chi connectivity index (χ3v) is 4.38. The summed E-state index contributed by atoms with van der Waals surface area (Å²) in [5.41, 5.74) is 1.48. The lowest BCUT2D eigenvalue weighted by Crippen LogP contribution is -2.44. The lowest BCUT2D eigenvalue weighted by Gasteiger charge is -2.32. The third-order valence-electron chi connectivity index (χ3n) is 4.38. The Labute approximate surface area is 151 Å². The second-order valence-corrected chi connectivity index (χ2v) is 6.25. The molecule has 0 unspecified atom stereocenters. The maximum atomic E-state index is 12.3. The van der Waals surface area contributed by atoms with E-state index in [-0.39, 0.29) is 17.7 Å². The highest BCUT2D eigenvalue weighted by Gasteiger charge is 2.21. The monoisotopic (exact) mass is 361 g/mol. The Morgan fingerprint density at radius 1 is 1.19 bits per heavy atom. The summed E-state index contributed by atoms with van der Waals surface area (Å²) in [6, 6.07) is 11.7. The molecule has 7 heteroatoms. The number of piperidine rings is 1. The number of hydrogen-bond acceptors (Lipinski definition) is 4. The van der Waals surface area contributed by atoms with Crippen molar-refractivity contribution in [2.24, 2.45) is 0 Å². The Balaban J connectivity index is 1.46. The number of aromatic nitrogens is 1. The minimum absolute atomic E-state index is 0.0411. The molecule has 0 aliphatic carbocycles. The number of ether oxygens (including phenoxy) is 1. The molecule has 3 rings (SSSR count). The SMILES string of the molecule is O=C(NC1CCN(Cc2ccccn2)CC1)c1ccc(OC(F)F)cc1. The molecule has 2 aromatic rings. The van der Waals surface area contributed by atoms with Gasteiger partial charge in [0.2, 0.25) is 0 Å². The van der Waals surface area contributed by atoms with Gasteiger partial charge in [0.25, 0.3) is 5.91 Å². The van der Waals surface area contributed by atoms with Crippen LogP contribution in [0.5, 0.6) is 5.75 Å². The molecule has 2 heterocycles. The van der Waals surface area contributed by atoms with Gasteiger partial charge in [0.1, 0.15) is 5.75 Å². The smallest absolute Gasteiger partial charge is 0.387 e. The number of nitrogens with zero attached hydrogens (tertiary/aromatic N) is 2. The van der Waals surface area contributed by atoms with E-state index < -0.39 is 6.61 Å². The Kier molecular flexibility index (Phi) is 6.12. The van der Waals surface area contributed by atoms with Crippen molar-refractivity contribution in [3.63, 3.8) is 0 Å². The number of carbonyl (C=O) groups excluding carboxylic acids is 1. The van der Waals surface area contributed by atoms with E-state index in [2.05, 4.69) is 19.9 Å². The van der Waals surface area contributed by atoms with E-state index in [0.29, 0.717) is 5.56 Å². The highest BCUT2D eigenvalue weighted by Crippen LogP contribution is 2.16. The summed E-state index contributed by atoms with van der Waals surface area (Å²) < 4.78 is 28.6. The molecule has 1 aliphatic rings. The Morgan fingerprint density at radius 2 is 1.92 bits per heavy atom. The maximum absolute atomic E-state index is 12.3. The number of carbonyl (C=O) groups is 1. The average Bonchev–Trinajstić information content (AvgIpc) is 2.64. The van der Waals surface area contributed by atoms with Crippen molar-refractivity contribution in [2.45, 2.75) is 32.0 Å². The van der Waals surface area contributed by atoms with Gasteiger partial charge in [-0.25, -0.2) is 0 Å². The van der Waals surface area contributed by atoms with Crippen LogP contribution >= 0.6 is 0 Å². The summed E-state index contributed by atoms with van der Waals surface area (Å²) in [6.07, 6.45) is 3.52. The number of likely N-dealkylation sites (tertiary alicyclic amines) is 1. The molecule has 1 N–H and O–H groups in total. The fourth-order valence-corrected chi connectivity index (χ4v) is 3.01. The van der Waals surface area contributed by atoms with E-state index >= 15 is 0 Å². The van der Waals surface area contributed by atoms with Crippen LogP contribution in [-0.2, 0) is 6.54 Å². The van der Waals surface area contributed by atoms with Crippen LogP contribution < -0.4 is 10.1 Å². The van der Waals surface area contributed by atoms with Gasteiger partial charge in [-0.3, -0.25) is 14.7 Å². The first kappa shape index (κ1) is 18.3. The number of halogens is 2. The second-order valence-electron chi connectivity index (χ2n) is 6.25. The number of hydrogen-bond donors (Lipinski definition) is 1. The summed E-state index contributed by atoms with van der Waals surface area (Å²) in [5.74, 6) is -0.156. The molecular weight excluding hydrogens is 340 g/mol. The van der Waals surface area contributed by atoms with Gasteiger partial charge in [-0.2, -0.15) is 8.78 Å². The molecule has 1 aliphatic heterocycles. The predicted octanol–water partition coefficient (Wildman–Crippen LogP) is 3.08. The van der Waals surface area contributed by atoms with Crippen molar-refractivity contribution < 1.29 is 18.3 Å². The molecular formula is C19H21F2N3O2. The zero-order valence-corrected chi connectivity index (χ0v) is 14.3. The molecule has 138 valence electrons. The van der Waals surface area contributed by atoms with Crippen LogP contribution in [0.1, 0.15) is 28.9 Å². The molecule has 0 atom stereocenters. The number of amides is 1. The van der Waals surface area contributed by atoms with Crippen LogP contribution in [0, 0.1) is 0 Å². The van der Waals surface area contributed by atoms with Crippen LogP contribution in [0.2, 0.25) is 0 Å². The highest BCUT2D eigenvalue weighted by atomic mass is 19.3. The quantitative estimate of drug-likeness (QED) is 0.859. The van der Waals surface area contributed by atoms with Crippen molar-refractivity contribution in [1.82, 2.24) is 15.2 Å². The van der Waals surface area contributed by atoms with Crippen LogP contribution in [0.15, 0.2) is 48.7 Å². The summed E-state index contributed by atoms with van der Waals surface area (Å²) in [5, 5.41) is 3.01. The number of alkyl halides is 2. The van der Waals surface area contributed by atoms with Crippen LogP contribution in [-0.4, -0.2) is 41.5 Å². The molecule has 1 aromatic heterocycles. The lowest BCUT2D eigenvalue weighted by molar-refractivity contribution is -0.0498. The molecule has 0 saturated carbocycles. The second kappa shape index (κ2) is 8.71. The van der Waals surface area contributed by atoms with Crippen LogP contribution in [0.3, 0.4) is 0 Å². The number of benzene rings is 1. The zero-order chi connectivity index (χ0) is 18.4. The van der Waals surface area contributed by atoms with E-state index in [1.165, 1.54) is 24.3 Å². The van der Waals surface area contributed by atoms with Crippen molar-refractivity contribution in [2.75, 3.05) is 13.1 Å². The minimum Gasteiger partial charge on any atom is -0.435 e. The van der Waals surface area contributed by atoms with E-state index in [9.17, 15) is 13.6 Å². The number of rotatable bonds is 6. The van der Waals surface area contributed by atoms with Crippen molar-refractivity contribution in [3.05, 3.63) is 59.9 Å². The van der Waals surface area contributed by atoms with Crippen LogP contribution in [0.25, 0.3) is 0 Å². The van der Waals surface area contributed by atoms with Crippen molar-refractivity contribution in [3.8, 4) is 5.75 Å². The normalized spacial score (nSPS) is 15.8. The molecule has 1 saturated heterocycles. The lowest BCUT2D eigenvalue weighted by atomic mass is 10.0. The van der Waals surface area contributed by atoms with Crippen molar-refractivity contribution >= 4 is 5.91 Å². The molecule has 5 nitrogen and oxygen atoms in total. The van der Waals surface area contributed by atoms with E-state index in [1.54, 1.807) is 6.20 Å². The van der Waals surface area contributed by atoms with Gasteiger partial charge in [-0.15, -0.1) is 0 Å². The highest BCUT2D eigenvalue weighted by molar-refractivity contribution is 5.94. The summed E-state index contributed by atoms with van der Waals surface area (Å²) in [7, 11) is 0. The number of nitrogens with one attached hydrogen (secondary N) is 1. The summed E-state index contributed by atoms with van der Waals surface area (Å²) >= 11 is 0. The van der Waals surface area contributed by atoms with Gasteiger partial charge >= 0.3 is 6.61 Å². The number of pyridine rings is 1. The first-order chi connectivity index (χ1) is 12.6. The zero-order valence-electron chi connectivity index (χ0n) is 14.3. The Bertz CT molecular complexity index is 702. The third kappa shape index (κ3) is 5.23. The molecule has 0 bridgehead atoms. The van der Waals surface area contributed by atoms with Crippen LogP contribution in [0.4, 0.5) is 8.78 Å². The van der Waals surface area contributed by atoms with Gasteiger partial charge in [0, 0.05) is 37.4 Å². The average molecular weight is 361 g/mol. The fourth-order valence-electron chi connectivity index (χ4n) is 3.01. The molecule has 1 amide bonds. The Morgan fingerprint density at radius 3 is 2.54 bits per heavy atom. The molecule has 0 radical (unpaired) electrons. The van der Waals surface area contributed by atoms with Gasteiger partial charge in [-0.05, 0) is 49.2 Å². The Hall–Kier alpha value is -2.54. The van der Waals surface area contributed by atoms with Gasteiger partial charge in [-0.1, -0.05) is 6.07 Å². The minimum atomic E-state index is -2.87. The van der Waals surface area contributed by atoms with Crippen molar-refractivity contribution in [1.29, 1.82) is 0 Å². The van der Waals surface area contributed by atoms with E-state index in [4.69, 9.17) is 0 Å². The molecule has 0 spiro atoms.